The van der Waals surface area contributed by atoms with Crippen molar-refractivity contribution in [3.05, 3.63) is 17.0 Å². The van der Waals surface area contributed by atoms with E-state index in [0.717, 1.165) is 37.3 Å². The van der Waals surface area contributed by atoms with Gasteiger partial charge in [0.05, 0.1) is 12.1 Å². The Labute approximate surface area is 119 Å². The van der Waals surface area contributed by atoms with Crippen LogP contribution < -0.4 is 4.90 Å². The van der Waals surface area contributed by atoms with Gasteiger partial charge in [0, 0.05) is 19.0 Å². The Kier molecular flexibility index (Phi) is 4.63. The first-order chi connectivity index (χ1) is 8.99. The quantitative estimate of drug-likeness (QED) is 0.867. The molecule has 0 saturated heterocycles. The number of halogens is 1. The van der Waals surface area contributed by atoms with Crippen LogP contribution in [0.15, 0.2) is 6.07 Å². The van der Waals surface area contributed by atoms with Crippen LogP contribution in [0.1, 0.15) is 51.3 Å². The lowest BCUT2D eigenvalue weighted by Crippen LogP contribution is -2.44. The third kappa shape index (κ3) is 3.37. The summed E-state index contributed by atoms with van der Waals surface area (Å²) in [6.07, 6.45) is 3.84. The van der Waals surface area contributed by atoms with Gasteiger partial charge in [-0.1, -0.05) is 38.3 Å². The van der Waals surface area contributed by atoms with Gasteiger partial charge >= 0.3 is 0 Å². The first-order valence-electron chi connectivity index (χ1n) is 6.94. The van der Waals surface area contributed by atoms with Gasteiger partial charge in [0.15, 0.2) is 0 Å². The van der Waals surface area contributed by atoms with Gasteiger partial charge in [0.2, 0.25) is 0 Å². The van der Waals surface area contributed by atoms with Crippen molar-refractivity contribution < 1.29 is 5.11 Å². The summed E-state index contributed by atoms with van der Waals surface area (Å²) in [6.45, 7) is 4.09. The standard InChI is InChI=1S/C14H22ClN3O/c1-9(2)14-16-12(15)8-13(17-14)18(3)10-6-4-5-7-11(10)19/h8-11,19H,4-7H2,1-3H3. The van der Waals surface area contributed by atoms with Crippen molar-refractivity contribution in [2.45, 2.75) is 57.6 Å². The molecule has 0 bridgehead atoms. The average molecular weight is 284 g/mol. The molecule has 1 heterocycles. The van der Waals surface area contributed by atoms with Crippen LogP contribution in [0, 0.1) is 0 Å². The largest absolute Gasteiger partial charge is 0.391 e. The van der Waals surface area contributed by atoms with E-state index in [-0.39, 0.29) is 18.1 Å². The van der Waals surface area contributed by atoms with Gasteiger partial charge in [0.25, 0.3) is 0 Å². The maximum absolute atomic E-state index is 10.1. The number of aliphatic hydroxyl groups excluding tert-OH is 1. The number of likely N-dealkylation sites (N-methyl/N-ethyl adjacent to an activating group) is 1. The Morgan fingerprint density at radius 1 is 1.32 bits per heavy atom. The summed E-state index contributed by atoms with van der Waals surface area (Å²) in [5, 5.41) is 10.6. The van der Waals surface area contributed by atoms with E-state index in [0.29, 0.717) is 5.15 Å². The smallest absolute Gasteiger partial charge is 0.135 e. The van der Waals surface area contributed by atoms with Gasteiger partial charge in [0.1, 0.15) is 16.8 Å². The maximum atomic E-state index is 10.1. The number of anilines is 1. The number of hydrogen-bond donors (Lipinski definition) is 1. The van der Waals surface area contributed by atoms with Crippen molar-refractivity contribution in [2.24, 2.45) is 0 Å². The van der Waals surface area contributed by atoms with Crippen LogP contribution in [-0.2, 0) is 0 Å². The Morgan fingerprint density at radius 3 is 2.63 bits per heavy atom. The molecule has 0 spiro atoms. The Balaban J connectivity index is 2.24. The second-order valence-electron chi connectivity index (χ2n) is 5.59. The van der Waals surface area contributed by atoms with Crippen molar-refractivity contribution in [3.63, 3.8) is 0 Å². The van der Waals surface area contributed by atoms with Gasteiger partial charge in [-0.2, -0.15) is 0 Å². The summed E-state index contributed by atoms with van der Waals surface area (Å²) in [6, 6.07) is 1.90. The molecule has 1 N–H and O–H groups in total. The highest BCUT2D eigenvalue weighted by Crippen LogP contribution is 2.27. The zero-order valence-corrected chi connectivity index (χ0v) is 12.6. The summed E-state index contributed by atoms with van der Waals surface area (Å²) in [7, 11) is 1.97. The summed E-state index contributed by atoms with van der Waals surface area (Å²) in [5.74, 6) is 1.79. The van der Waals surface area contributed by atoms with E-state index in [4.69, 9.17) is 11.6 Å². The first kappa shape index (κ1) is 14.5. The van der Waals surface area contributed by atoms with E-state index in [1.807, 2.05) is 25.8 Å². The molecule has 1 aliphatic carbocycles. The van der Waals surface area contributed by atoms with Gasteiger partial charge in [-0.25, -0.2) is 9.97 Å². The molecule has 5 heteroatoms. The number of hydrogen-bond acceptors (Lipinski definition) is 4. The van der Waals surface area contributed by atoms with Crippen molar-refractivity contribution in [1.29, 1.82) is 0 Å². The predicted octanol–water partition coefficient (Wildman–Crippen LogP) is 2.99. The molecule has 1 fully saturated rings. The Bertz CT molecular complexity index is 439. The number of rotatable bonds is 3. The van der Waals surface area contributed by atoms with Crippen LogP contribution in [0.4, 0.5) is 5.82 Å². The molecule has 0 amide bonds. The molecule has 1 aromatic rings. The molecular formula is C14H22ClN3O. The molecular weight excluding hydrogens is 262 g/mol. The van der Waals surface area contributed by atoms with Gasteiger partial charge in [-0.05, 0) is 12.8 Å². The monoisotopic (exact) mass is 283 g/mol. The topological polar surface area (TPSA) is 49.2 Å². The highest BCUT2D eigenvalue weighted by atomic mass is 35.5. The molecule has 2 rings (SSSR count). The molecule has 2 unspecified atom stereocenters. The van der Waals surface area contributed by atoms with Crippen LogP contribution in [0.2, 0.25) is 5.15 Å². The number of nitrogens with zero attached hydrogens (tertiary/aromatic N) is 3. The number of aliphatic hydroxyl groups is 1. The second kappa shape index (κ2) is 6.06. The molecule has 0 aromatic carbocycles. The molecule has 106 valence electrons. The van der Waals surface area contributed by atoms with Crippen LogP contribution >= 0.6 is 11.6 Å². The third-order valence-corrected chi connectivity index (χ3v) is 3.96. The minimum Gasteiger partial charge on any atom is -0.391 e. The minimum absolute atomic E-state index is 0.125. The minimum atomic E-state index is -0.282. The zero-order chi connectivity index (χ0) is 14.0. The fourth-order valence-electron chi connectivity index (χ4n) is 2.58. The summed E-state index contributed by atoms with van der Waals surface area (Å²) in [4.78, 5) is 10.9. The fraction of sp³-hybridized carbons (Fsp3) is 0.714. The SMILES string of the molecule is CC(C)c1nc(Cl)cc(N(C)C2CCCCC2O)n1. The molecule has 0 radical (unpaired) electrons. The lowest BCUT2D eigenvalue weighted by atomic mass is 9.91. The van der Waals surface area contributed by atoms with Crippen LogP contribution in [0.3, 0.4) is 0 Å². The van der Waals surface area contributed by atoms with Crippen LogP contribution in [-0.4, -0.2) is 34.3 Å². The summed E-state index contributed by atoms with van der Waals surface area (Å²) < 4.78 is 0. The third-order valence-electron chi connectivity index (χ3n) is 3.77. The van der Waals surface area contributed by atoms with E-state index >= 15 is 0 Å². The van der Waals surface area contributed by atoms with Gasteiger partial charge in [-0.3, -0.25) is 0 Å². The van der Waals surface area contributed by atoms with Crippen molar-refractivity contribution in [3.8, 4) is 0 Å². The average Bonchev–Trinajstić information content (AvgIpc) is 2.37. The van der Waals surface area contributed by atoms with Crippen molar-refractivity contribution in [2.75, 3.05) is 11.9 Å². The van der Waals surface area contributed by atoms with E-state index in [2.05, 4.69) is 9.97 Å². The highest BCUT2D eigenvalue weighted by Gasteiger charge is 2.27. The normalized spacial score (nSPS) is 23.7. The van der Waals surface area contributed by atoms with Gasteiger partial charge in [-0.15, -0.1) is 0 Å². The zero-order valence-electron chi connectivity index (χ0n) is 11.8. The first-order valence-corrected chi connectivity index (χ1v) is 7.32. The molecule has 2 atom stereocenters. The summed E-state index contributed by atoms with van der Waals surface area (Å²) >= 11 is 6.07. The van der Waals surface area contributed by atoms with E-state index in [9.17, 15) is 5.11 Å². The van der Waals surface area contributed by atoms with E-state index < -0.39 is 0 Å². The van der Waals surface area contributed by atoms with E-state index in [1.165, 1.54) is 0 Å². The lowest BCUT2D eigenvalue weighted by molar-refractivity contribution is 0.106. The molecule has 4 nitrogen and oxygen atoms in total. The molecule has 1 saturated carbocycles. The Morgan fingerprint density at radius 2 is 2.00 bits per heavy atom. The second-order valence-corrected chi connectivity index (χ2v) is 5.98. The van der Waals surface area contributed by atoms with Crippen molar-refractivity contribution >= 4 is 17.4 Å². The molecule has 1 aromatic heterocycles. The predicted molar refractivity (Wildman–Crippen MR) is 77.8 cm³/mol. The highest BCUT2D eigenvalue weighted by molar-refractivity contribution is 6.29. The van der Waals surface area contributed by atoms with Crippen LogP contribution in [0.5, 0.6) is 0 Å². The van der Waals surface area contributed by atoms with Crippen LogP contribution in [0.25, 0.3) is 0 Å². The molecule has 1 aliphatic rings. The Hall–Kier alpha value is -0.870. The molecule has 0 aliphatic heterocycles. The van der Waals surface area contributed by atoms with Crippen molar-refractivity contribution in [1.82, 2.24) is 9.97 Å². The van der Waals surface area contributed by atoms with E-state index in [1.54, 1.807) is 6.07 Å². The van der Waals surface area contributed by atoms with Gasteiger partial charge < -0.3 is 10.0 Å². The number of aromatic nitrogens is 2. The fourth-order valence-corrected chi connectivity index (χ4v) is 2.76. The lowest BCUT2D eigenvalue weighted by Gasteiger charge is -2.36. The maximum Gasteiger partial charge on any atom is 0.135 e. The summed E-state index contributed by atoms with van der Waals surface area (Å²) in [5.41, 5.74) is 0. The molecule has 19 heavy (non-hydrogen) atoms.